The van der Waals surface area contributed by atoms with E-state index < -0.39 is 0 Å². The summed E-state index contributed by atoms with van der Waals surface area (Å²) in [6.45, 7) is 3.62. The fraction of sp³-hybridized carbons (Fsp3) is 0.467. The summed E-state index contributed by atoms with van der Waals surface area (Å²) in [5.74, 6) is 1.83. The summed E-state index contributed by atoms with van der Waals surface area (Å²) in [5.41, 5.74) is 3.49. The summed E-state index contributed by atoms with van der Waals surface area (Å²) in [5, 5.41) is 3.34. The van der Waals surface area contributed by atoms with E-state index in [9.17, 15) is 0 Å². The molecule has 1 atom stereocenters. The molecule has 0 aromatic carbocycles. The Hall–Kier alpha value is -1.72. The first-order chi connectivity index (χ1) is 9.69. The molecular weight excluding hydrogens is 252 g/mol. The van der Waals surface area contributed by atoms with E-state index in [2.05, 4.69) is 45.5 Å². The minimum absolute atomic E-state index is 0.187. The molecule has 0 amide bonds. The Labute approximate surface area is 119 Å². The molecule has 0 fully saturated rings. The highest BCUT2D eigenvalue weighted by Crippen LogP contribution is 2.27. The average Bonchev–Trinajstić information content (AvgIpc) is 2.94. The molecule has 2 heterocycles. The number of nitrogens with zero attached hydrogens (tertiary/aromatic N) is 3. The Bertz CT molecular complexity index is 579. The number of hydrogen-bond donors (Lipinski definition) is 1. The van der Waals surface area contributed by atoms with Gasteiger partial charge in [0.1, 0.15) is 11.6 Å². The zero-order chi connectivity index (χ0) is 14.1. The number of aromatic nitrogens is 2. The molecule has 0 spiro atoms. The second-order valence-corrected chi connectivity index (χ2v) is 5.18. The van der Waals surface area contributed by atoms with E-state index in [1.165, 1.54) is 5.56 Å². The van der Waals surface area contributed by atoms with E-state index >= 15 is 0 Å². The molecule has 1 unspecified atom stereocenters. The number of allylic oxidation sites excluding steroid dienone is 1. The summed E-state index contributed by atoms with van der Waals surface area (Å²) in [6, 6.07) is 0. The largest absolute Gasteiger partial charge is 0.377 e. The molecule has 5 nitrogen and oxygen atoms in total. The predicted octanol–water partition coefficient (Wildman–Crippen LogP) is 1.68. The van der Waals surface area contributed by atoms with Gasteiger partial charge in [0.15, 0.2) is 0 Å². The fourth-order valence-corrected chi connectivity index (χ4v) is 2.68. The number of hydrogen-bond acceptors (Lipinski definition) is 5. The lowest BCUT2D eigenvalue weighted by Crippen LogP contribution is -2.22. The molecule has 1 aromatic rings. The molecule has 106 valence electrons. The third kappa shape index (κ3) is 2.34. The fourth-order valence-electron chi connectivity index (χ4n) is 2.68. The smallest absolute Gasteiger partial charge is 0.141 e. The van der Waals surface area contributed by atoms with Gasteiger partial charge in [0.2, 0.25) is 0 Å². The number of methoxy groups -OCH3 is 1. The van der Waals surface area contributed by atoms with Crippen LogP contribution >= 0.6 is 0 Å². The van der Waals surface area contributed by atoms with Crippen LogP contribution in [0.25, 0.3) is 0 Å². The van der Waals surface area contributed by atoms with Crippen molar-refractivity contribution in [3.63, 3.8) is 0 Å². The minimum atomic E-state index is 0.187. The van der Waals surface area contributed by atoms with Gasteiger partial charge in [-0.15, -0.1) is 0 Å². The maximum Gasteiger partial charge on any atom is 0.141 e. The Morgan fingerprint density at radius 3 is 2.90 bits per heavy atom. The number of aryl methyl sites for hydroxylation is 1. The van der Waals surface area contributed by atoms with Crippen LogP contribution in [-0.4, -0.2) is 30.2 Å². The highest BCUT2D eigenvalue weighted by Gasteiger charge is 2.22. The van der Waals surface area contributed by atoms with E-state index in [1.807, 2.05) is 6.92 Å². The van der Waals surface area contributed by atoms with Crippen molar-refractivity contribution < 1.29 is 4.74 Å². The Balaban J connectivity index is 1.91. The second kappa shape index (κ2) is 5.34. The highest BCUT2D eigenvalue weighted by atomic mass is 16.5. The lowest BCUT2D eigenvalue weighted by atomic mass is 10.1. The molecule has 0 radical (unpaired) electrons. The molecule has 5 heteroatoms. The normalized spacial score (nSPS) is 20.8. The van der Waals surface area contributed by atoms with Crippen LogP contribution in [-0.2, 0) is 17.8 Å². The lowest BCUT2D eigenvalue weighted by molar-refractivity contribution is 0.142. The van der Waals surface area contributed by atoms with Crippen molar-refractivity contribution in [2.75, 3.05) is 19.1 Å². The SMILES string of the molecule is COC1C=CC(N(C)c2nc(C)nc3c2CNC3)=CC1. The number of likely N-dealkylation sites (N-methyl/N-ethyl adjacent to an activating group) is 1. The van der Waals surface area contributed by atoms with Crippen LogP contribution in [0.15, 0.2) is 23.9 Å². The van der Waals surface area contributed by atoms with Gasteiger partial charge in [-0.25, -0.2) is 9.97 Å². The molecule has 1 aliphatic heterocycles. The van der Waals surface area contributed by atoms with Crippen LogP contribution in [0.2, 0.25) is 0 Å². The van der Waals surface area contributed by atoms with Crippen molar-refractivity contribution >= 4 is 5.82 Å². The molecular formula is C15H20N4O. The number of ether oxygens (including phenoxy) is 1. The average molecular weight is 272 g/mol. The molecule has 0 saturated heterocycles. The Kier molecular flexibility index (Phi) is 3.54. The number of rotatable bonds is 3. The van der Waals surface area contributed by atoms with Gasteiger partial charge in [-0.05, 0) is 19.4 Å². The first kappa shape index (κ1) is 13.3. The highest BCUT2D eigenvalue weighted by molar-refractivity contribution is 5.56. The first-order valence-electron chi connectivity index (χ1n) is 6.91. The van der Waals surface area contributed by atoms with Crippen LogP contribution < -0.4 is 10.2 Å². The van der Waals surface area contributed by atoms with E-state index in [0.29, 0.717) is 0 Å². The summed E-state index contributed by atoms with van der Waals surface area (Å²) >= 11 is 0. The van der Waals surface area contributed by atoms with Gasteiger partial charge in [-0.1, -0.05) is 12.2 Å². The van der Waals surface area contributed by atoms with Crippen molar-refractivity contribution in [1.82, 2.24) is 15.3 Å². The standard InChI is InChI=1S/C15H20N4O/c1-10-17-14-9-16-8-13(14)15(18-10)19(2)11-4-6-12(20-3)7-5-11/h4-6,12,16H,7-9H2,1-3H3. The van der Waals surface area contributed by atoms with Crippen LogP contribution in [0.4, 0.5) is 5.82 Å². The van der Waals surface area contributed by atoms with Gasteiger partial charge < -0.3 is 15.0 Å². The van der Waals surface area contributed by atoms with Crippen molar-refractivity contribution in [1.29, 1.82) is 0 Å². The first-order valence-corrected chi connectivity index (χ1v) is 6.91. The maximum atomic E-state index is 5.33. The van der Waals surface area contributed by atoms with Crippen LogP contribution in [0.5, 0.6) is 0 Å². The van der Waals surface area contributed by atoms with Gasteiger partial charge >= 0.3 is 0 Å². The molecule has 20 heavy (non-hydrogen) atoms. The third-order valence-electron chi connectivity index (χ3n) is 3.83. The molecule has 3 rings (SSSR count). The minimum Gasteiger partial charge on any atom is -0.377 e. The summed E-state index contributed by atoms with van der Waals surface area (Å²) in [7, 11) is 3.80. The van der Waals surface area contributed by atoms with E-state index in [0.717, 1.165) is 42.5 Å². The molecule has 1 aliphatic carbocycles. The van der Waals surface area contributed by atoms with Crippen molar-refractivity contribution in [3.8, 4) is 0 Å². The van der Waals surface area contributed by atoms with Gasteiger partial charge in [0, 0.05) is 38.5 Å². The molecule has 2 aliphatic rings. The summed E-state index contributed by atoms with van der Waals surface area (Å²) in [4.78, 5) is 11.3. The summed E-state index contributed by atoms with van der Waals surface area (Å²) < 4.78 is 5.33. The predicted molar refractivity (Wildman–Crippen MR) is 78.4 cm³/mol. The zero-order valence-electron chi connectivity index (χ0n) is 12.2. The van der Waals surface area contributed by atoms with Gasteiger partial charge in [-0.3, -0.25) is 0 Å². The van der Waals surface area contributed by atoms with Gasteiger partial charge in [0.05, 0.1) is 11.8 Å². The topological polar surface area (TPSA) is 50.3 Å². The van der Waals surface area contributed by atoms with Crippen LogP contribution in [0.1, 0.15) is 23.5 Å². The van der Waals surface area contributed by atoms with E-state index in [4.69, 9.17) is 4.74 Å². The van der Waals surface area contributed by atoms with E-state index in [-0.39, 0.29) is 6.10 Å². The van der Waals surface area contributed by atoms with Crippen LogP contribution in [0.3, 0.4) is 0 Å². The molecule has 0 saturated carbocycles. The summed E-state index contributed by atoms with van der Waals surface area (Å²) in [6.07, 6.45) is 7.48. The number of nitrogens with one attached hydrogen (secondary N) is 1. The number of fused-ring (bicyclic) bond motifs is 1. The molecule has 1 N–H and O–H groups in total. The third-order valence-corrected chi connectivity index (χ3v) is 3.83. The van der Waals surface area contributed by atoms with E-state index in [1.54, 1.807) is 7.11 Å². The lowest BCUT2D eigenvalue weighted by Gasteiger charge is -2.25. The maximum absolute atomic E-state index is 5.33. The Morgan fingerprint density at radius 2 is 2.20 bits per heavy atom. The van der Waals surface area contributed by atoms with Gasteiger partial charge in [-0.2, -0.15) is 0 Å². The quantitative estimate of drug-likeness (QED) is 0.907. The molecule has 0 bridgehead atoms. The zero-order valence-corrected chi connectivity index (χ0v) is 12.2. The van der Waals surface area contributed by atoms with Crippen molar-refractivity contribution in [2.24, 2.45) is 0 Å². The van der Waals surface area contributed by atoms with Crippen LogP contribution in [0, 0.1) is 6.92 Å². The van der Waals surface area contributed by atoms with Crippen molar-refractivity contribution in [2.45, 2.75) is 32.5 Å². The monoisotopic (exact) mass is 272 g/mol. The van der Waals surface area contributed by atoms with Crippen molar-refractivity contribution in [3.05, 3.63) is 41.0 Å². The number of anilines is 1. The van der Waals surface area contributed by atoms with Gasteiger partial charge in [0.25, 0.3) is 0 Å². The Morgan fingerprint density at radius 1 is 1.35 bits per heavy atom. The molecule has 1 aromatic heterocycles. The second-order valence-electron chi connectivity index (χ2n) is 5.18.